The summed E-state index contributed by atoms with van der Waals surface area (Å²) in [6.07, 6.45) is 3.73. The van der Waals surface area contributed by atoms with Gasteiger partial charge >= 0.3 is 0 Å². The minimum atomic E-state index is -1.30. The summed E-state index contributed by atoms with van der Waals surface area (Å²) >= 11 is 1.29. The summed E-state index contributed by atoms with van der Waals surface area (Å²) in [5.41, 5.74) is 4.13. The number of benzene rings is 2. The molecule has 3 aromatic rings. The molecule has 1 saturated carbocycles. The fraction of sp³-hybridized carbons (Fsp3) is 0.575. The topological polar surface area (TPSA) is 182 Å². The van der Waals surface area contributed by atoms with E-state index < -0.39 is 35.4 Å². The van der Waals surface area contributed by atoms with E-state index in [1.807, 2.05) is 47.9 Å². The molecule has 2 fully saturated rings. The van der Waals surface area contributed by atoms with Crippen molar-refractivity contribution in [3.8, 4) is 0 Å². The molecule has 3 amide bonds. The van der Waals surface area contributed by atoms with Crippen LogP contribution in [0.1, 0.15) is 85.2 Å². The average Bonchev–Trinajstić information content (AvgIpc) is 3.90. The van der Waals surface area contributed by atoms with Crippen molar-refractivity contribution >= 4 is 29.5 Å². The van der Waals surface area contributed by atoms with Gasteiger partial charge in [0.2, 0.25) is 17.7 Å². The minimum absolute atomic E-state index is 0.0578. The van der Waals surface area contributed by atoms with E-state index in [-0.39, 0.29) is 30.7 Å². The molecule has 2 aromatic carbocycles. The summed E-state index contributed by atoms with van der Waals surface area (Å²) in [6, 6.07) is 14.6. The van der Waals surface area contributed by atoms with Crippen LogP contribution in [-0.2, 0) is 38.5 Å². The lowest BCUT2D eigenvalue weighted by atomic mass is 9.91. The molecule has 1 aliphatic carbocycles. The van der Waals surface area contributed by atoms with E-state index in [9.17, 15) is 29.7 Å². The van der Waals surface area contributed by atoms with Gasteiger partial charge in [0.15, 0.2) is 0 Å². The standard InChI is InChI=1S/C40H57N7O7S/c1-25-10-15-28(37-35(51)34(50)36(52)38(54-37)55-6)21-29(25)20-27-13-11-26(12-14-27)8-7-9-32(48)42-40(2,3)39(53)41-18-19-45(4)24-33(49)46(5)22-30-23-47(44-43-30)31-16-17-31/h10-15,21,23,31,34-38,50-52H,7-9,16-20,22,24H2,1-6H3,(H,41,53)(H,42,48)/t34-,35-,36+,37+,38-/m1/s1. The molecule has 2 aliphatic rings. The monoisotopic (exact) mass is 779 g/mol. The number of ether oxygens (including phenoxy) is 1. The van der Waals surface area contributed by atoms with Gasteiger partial charge in [-0.15, -0.1) is 16.9 Å². The molecule has 2 heterocycles. The van der Waals surface area contributed by atoms with Gasteiger partial charge < -0.3 is 35.6 Å². The van der Waals surface area contributed by atoms with E-state index in [1.54, 1.807) is 32.1 Å². The zero-order valence-corrected chi connectivity index (χ0v) is 33.6. The molecule has 0 spiro atoms. The van der Waals surface area contributed by atoms with Crippen LogP contribution in [0.2, 0.25) is 0 Å². The zero-order valence-electron chi connectivity index (χ0n) is 32.8. The summed E-state index contributed by atoms with van der Waals surface area (Å²) in [4.78, 5) is 41.9. The molecule has 300 valence electrons. The SMILES string of the molecule is CS[C@H]1O[C@@H](c2ccc(C)c(Cc3ccc(CCCC(=O)NC(C)(C)C(=O)NCCN(C)CC(=O)N(C)Cc4cn(C5CC5)nn4)cc3)c2)[C@H](O)[C@@H](O)[C@@H]1O. The van der Waals surface area contributed by atoms with Gasteiger partial charge in [-0.05, 0) is 94.0 Å². The molecule has 1 saturated heterocycles. The molecular formula is C40H57N7O7S. The molecule has 15 heteroatoms. The number of aliphatic hydroxyl groups is 3. The Labute approximate surface area is 328 Å². The van der Waals surface area contributed by atoms with Crippen LogP contribution < -0.4 is 10.6 Å². The second-order valence-electron chi connectivity index (χ2n) is 15.5. The number of nitrogens with one attached hydrogen (secondary N) is 2. The second-order valence-corrected chi connectivity index (χ2v) is 16.4. The van der Waals surface area contributed by atoms with Crippen LogP contribution in [0.25, 0.3) is 0 Å². The van der Waals surface area contributed by atoms with Crippen LogP contribution in [0, 0.1) is 6.92 Å². The first-order chi connectivity index (χ1) is 26.1. The van der Waals surface area contributed by atoms with Crippen molar-refractivity contribution in [3.05, 3.63) is 82.2 Å². The molecule has 1 aliphatic heterocycles. The lowest BCUT2D eigenvalue weighted by Crippen LogP contribution is -2.55. The molecular weight excluding hydrogens is 723 g/mol. The van der Waals surface area contributed by atoms with E-state index in [1.165, 1.54) is 11.8 Å². The normalized spacial score (nSPS) is 21.4. The molecule has 5 atom stereocenters. The maximum absolute atomic E-state index is 12.9. The highest BCUT2D eigenvalue weighted by Gasteiger charge is 2.44. The summed E-state index contributed by atoms with van der Waals surface area (Å²) in [5, 5.41) is 45.3. The predicted octanol–water partition coefficient (Wildman–Crippen LogP) is 2.28. The molecule has 55 heavy (non-hydrogen) atoms. The van der Waals surface area contributed by atoms with E-state index in [4.69, 9.17) is 4.74 Å². The predicted molar refractivity (Wildman–Crippen MR) is 210 cm³/mol. The van der Waals surface area contributed by atoms with Gasteiger partial charge in [0, 0.05) is 26.6 Å². The van der Waals surface area contributed by atoms with Gasteiger partial charge in [0.25, 0.3) is 0 Å². The first-order valence-electron chi connectivity index (χ1n) is 19.0. The third-order valence-electron chi connectivity index (χ3n) is 10.3. The summed E-state index contributed by atoms with van der Waals surface area (Å²) in [7, 11) is 3.56. The van der Waals surface area contributed by atoms with E-state index in [0.717, 1.165) is 46.4 Å². The van der Waals surface area contributed by atoms with Crippen molar-refractivity contribution < 1.29 is 34.4 Å². The quantitative estimate of drug-likeness (QED) is 0.128. The highest BCUT2D eigenvalue weighted by atomic mass is 32.2. The highest BCUT2D eigenvalue weighted by Crippen LogP contribution is 2.37. The van der Waals surface area contributed by atoms with Gasteiger partial charge in [-0.2, -0.15) is 0 Å². The zero-order chi connectivity index (χ0) is 39.9. The molecule has 5 rings (SSSR count). The number of aromatic nitrogens is 3. The molecule has 14 nitrogen and oxygen atoms in total. The number of hydrogen-bond donors (Lipinski definition) is 5. The van der Waals surface area contributed by atoms with Crippen LogP contribution in [0.3, 0.4) is 0 Å². The maximum atomic E-state index is 12.9. The summed E-state index contributed by atoms with van der Waals surface area (Å²) < 4.78 is 7.83. The Balaban J connectivity index is 1.000. The van der Waals surface area contributed by atoms with Crippen molar-refractivity contribution in [2.24, 2.45) is 0 Å². The van der Waals surface area contributed by atoms with Crippen molar-refractivity contribution in [2.75, 3.05) is 40.0 Å². The summed E-state index contributed by atoms with van der Waals surface area (Å²) in [5.74, 6) is -0.554. The maximum Gasteiger partial charge on any atom is 0.245 e. The number of amides is 3. The molecule has 0 bridgehead atoms. The Kier molecular flexibility index (Phi) is 14.5. The van der Waals surface area contributed by atoms with E-state index in [0.29, 0.717) is 44.9 Å². The lowest BCUT2D eigenvalue weighted by molar-refractivity contribution is -0.200. The van der Waals surface area contributed by atoms with Gasteiger partial charge in [-0.1, -0.05) is 47.7 Å². The number of hydrogen-bond acceptors (Lipinski definition) is 11. The van der Waals surface area contributed by atoms with Crippen LogP contribution in [0.4, 0.5) is 0 Å². The molecule has 5 N–H and O–H groups in total. The third-order valence-corrected chi connectivity index (χ3v) is 11.2. The Hall–Kier alpha value is -3.86. The van der Waals surface area contributed by atoms with E-state index >= 15 is 0 Å². The largest absolute Gasteiger partial charge is 0.387 e. The van der Waals surface area contributed by atoms with Crippen molar-refractivity contribution in [2.45, 2.75) is 107 Å². The fourth-order valence-corrected chi connectivity index (χ4v) is 7.26. The third kappa shape index (κ3) is 11.6. The molecule has 0 unspecified atom stereocenters. The van der Waals surface area contributed by atoms with E-state index in [2.05, 4.69) is 45.2 Å². The second kappa shape index (κ2) is 18.9. The summed E-state index contributed by atoms with van der Waals surface area (Å²) in [6.45, 7) is 6.76. The minimum Gasteiger partial charge on any atom is -0.387 e. The van der Waals surface area contributed by atoms with Crippen molar-refractivity contribution in [3.63, 3.8) is 0 Å². The molecule has 1 aromatic heterocycles. The average molecular weight is 780 g/mol. The Morgan fingerprint density at radius 1 is 1.02 bits per heavy atom. The number of nitrogens with zero attached hydrogens (tertiary/aromatic N) is 5. The number of aryl methyl sites for hydroxylation is 2. The fourth-order valence-electron chi connectivity index (χ4n) is 6.59. The number of carbonyl (C=O) groups is 3. The van der Waals surface area contributed by atoms with Crippen molar-refractivity contribution in [1.29, 1.82) is 0 Å². The Morgan fingerprint density at radius 3 is 2.42 bits per heavy atom. The van der Waals surface area contributed by atoms with Crippen LogP contribution >= 0.6 is 11.8 Å². The van der Waals surface area contributed by atoms with Gasteiger partial charge in [0.1, 0.15) is 41.1 Å². The molecule has 0 radical (unpaired) electrons. The Bertz CT molecular complexity index is 1760. The first kappa shape index (κ1) is 42.3. The lowest BCUT2D eigenvalue weighted by Gasteiger charge is -2.40. The van der Waals surface area contributed by atoms with Crippen LogP contribution in [0.15, 0.2) is 48.7 Å². The van der Waals surface area contributed by atoms with Gasteiger partial charge in [-0.25, -0.2) is 4.68 Å². The number of carbonyl (C=O) groups excluding carboxylic acids is 3. The van der Waals surface area contributed by atoms with Crippen molar-refractivity contribution in [1.82, 2.24) is 35.4 Å². The highest BCUT2D eigenvalue weighted by molar-refractivity contribution is 7.99. The van der Waals surface area contributed by atoms with Crippen LogP contribution in [0.5, 0.6) is 0 Å². The van der Waals surface area contributed by atoms with Gasteiger partial charge in [-0.3, -0.25) is 19.3 Å². The van der Waals surface area contributed by atoms with Crippen LogP contribution in [-0.4, -0.2) is 127 Å². The number of rotatable bonds is 18. The van der Waals surface area contributed by atoms with Gasteiger partial charge in [0.05, 0.1) is 25.3 Å². The number of likely N-dealkylation sites (N-methyl/N-ethyl adjacent to an activating group) is 2. The smallest absolute Gasteiger partial charge is 0.245 e. The first-order valence-corrected chi connectivity index (χ1v) is 20.3. The number of thioether (sulfide) groups is 1. The Morgan fingerprint density at radius 2 is 1.73 bits per heavy atom. The number of aliphatic hydroxyl groups excluding tert-OH is 3.